The standard InChI is InChI=1S/C20H32N4O5S/c1-4-23(5-2)14-12-21-19(25)20(26)22-15-16-7-6-13-24(16)30(27,28)18-10-8-17(29-3)9-11-18/h8-11,16H,4-7,12-15H2,1-3H3,(H,21,25)(H,22,26). The molecule has 0 aliphatic carbocycles. The monoisotopic (exact) mass is 440 g/mol. The third kappa shape index (κ3) is 6.16. The number of rotatable bonds is 10. The molecule has 1 unspecified atom stereocenters. The molecule has 2 N–H and O–H groups in total. The number of ether oxygens (including phenoxy) is 1. The van der Waals surface area contributed by atoms with Crippen LogP contribution in [0, 0.1) is 0 Å². The molecule has 2 amide bonds. The van der Waals surface area contributed by atoms with Crippen molar-refractivity contribution in [1.82, 2.24) is 19.8 Å². The van der Waals surface area contributed by atoms with Crippen LogP contribution in [0.1, 0.15) is 26.7 Å². The van der Waals surface area contributed by atoms with Gasteiger partial charge < -0.3 is 20.3 Å². The zero-order valence-electron chi connectivity index (χ0n) is 17.9. The van der Waals surface area contributed by atoms with E-state index in [0.29, 0.717) is 38.2 Å². The Kier molecular flexibility index (Phi) is 9.07. The number of hydrogen-bond donors (Lipinski definition) is 2. The molecule has 30 heavy (non-hydrogen) atoms. The van der Waals surface area contributed by atoms with Crippen molar-refractivity contribution in [3.63, 3.8) is 0 Å². The largest absolute Gasteiger partial charge is 0.497 e. The summed E-state index contributed by atoms with van der Waals surface area (Å²) in [5.41, 5.74) is 0. The molecule has 1 aliphatic heterocycles. The van der Waals surface area contributed by atoms with Crippen molar-refractivity contribution in [3.05, 3.63) is 24.3 Å². The van der Waals surface area contributed by atoms with Crippen LogP contribution in [0.4, 0.5) is 0 Å². The van der Waals surface area contributed by atoms with Gasteiger partial charge in [-0.2, -0.15) is 4.31 Å². The molecule has 0 spiro atoms. The highest BCUT2D eigenvalue weighted by Crippen LogP contribution is 2.26. The summed E-state index contributed by atoms with van der Waals surface area (Å²) in [5, 5.41) is 5.17. The number of nitrogens with one attached hydrogen (secondary N) is 2. The van der Waals surface area contributed by atoms with Gasteiger partial charge in [-0.05, 0) is 50.2 Å². The number of amides is 2. The van der Waals surface area contributed by atoms with E-state index >= 15 is 0 Å². The average molecular weight is 441 g/mol. The van der Waals surface area contributed by atoms with Crippen LogP contribution in [0.2, 0.25) is 0 Å². The smallest absolute Gasteiger partial charge is 0.309 e. The van der Waals surface area contributed by atoms with Crippen molar-refractivity contribution in [2.24, 2.45) is 0 Å². The lowest BCUT2D eigenvalue weighted by Gasteiger charge is -2.24. The normalized spacial score (nSPS) is 17.1. The van der Waals surface area contributed by atoms with E-state index in [1.165, 1.54) is 23.5 Å². The minimum Gasteiger partial charge on any atom is -0.497 e. The summed E-state index contributed by atoms with van der Waals surface area (Å²) in [5.74, 6) is -0.876. The average Bonchev–Trinajstić information content (AvgIpc) is 3.24. The SMILES string of the molecule is CCN(CC)CCNC(=O)C(=O)NCC1CCCN1S(=O)(=O)c1ccc(OC)cc1. The van der Waals surface area contributed by atoms with Crippen molar-refractivity contribution in [1.29, 1.82) is 0 Å². The van der Waals surface area contributed by atoms with E-state index in [9.17, 15) is 18.0 Å². The maximum Gasteiger partial charge on any atom is 0.309 e. The predicted molar refractivity (Wildman–Crippen MR) is 114 cm³/mol. The van der Waals surface area contributed by atoms with Gasteiger partial charge in [-0.25, -0.2) is 8.42 Å². The lowest BCUT2D eigenvalue weighted by molar-refractivity contribution is -0.139. The summed E-state index contributed by atoms with van der Waals surface area (Å²) < 4.78 is 32.4. The molecule has 1 saturated heterocycles. The lowest BCUT2D eigenvalue weighted by Crippen LogP contribution is -2.47. The van der Waals surface area contributed by atoms with Gasteiger partial charge in [0.25, 0.3) is 0 Å². The first-order chi connectivity index (χ1) is 14.3. The number of methoxy groups -OCH3 is 1. The Morgan fingerprint density at radius 3 is 2.37 bits per heavy atom. The molecular weight excluding hydrogens is 408 g/mol. The van der Waals surface area contributed by atoms with Gasteiger partial charge in [0.05, 0.1) is 12.0 Å². The number of carbonyl (C=O) groups is 2. The van der Waals surface area contributed by atoms with E-state index in [1.54, 1.807) is 12.1 Å². The highest BCUT2D eigenvalue weighted by atomic mass is 32.2. The van der Waals surface area contributed by atoms with Gasteiger partial charge in [-0.3, -0.25) is 9.59 Å². The Morgan fingerprint density at radius 2 is 1.77 bits per heavy atom. The topological polar surface area (TPSA) is 108 Å². The van der Waals surface area contributed by atoms with E-state index in [4.69, 9.17) is 4.74 Å². The Balaban J connectivity index is 1.89. The molecule has 1 aromatic carbocycles. The maximum absolute atomic E-state index is 13.0. The molecule has 0 bridgehead atoms. The quantitative estimate of drug-likeness (QED) is 0.511. The second-order valence-corrected chi connectivity index (χ2v) is 8.97. The van der Waals surface area contributed by atoms with E-state index in [1.807, 2.05) is 13.8 Å². The molecule has 1 atom stereocenters. The minimum absolute atomic E-state index is 0.0949. The molecule has 1 fully saturated rings. The van der Waals surface area contributed by atoms with Crippen LogP contribution in [0.15, 0.2) is 29.2 Å². The van der Waals surface area contributed by atoms with E-state index in [2.05, 4.69) is 15.5 Å². The summed E-state index contributed by atoms with van der Waals surface area (Å²) in [6.45, 7) is 7.34. The molecule has 1 heterocycles. The van der Waals surface area contributed by atoms with Gasteiger partial charge in [0.1, 0.15) is 5.75 Å². The number of likely N-dealkylation sites (N-methyl/N-ethyl adjacent to an activating group) is 1. The summed E-state index contributed by atoms with van der Waals surface area (Å²) in [7, 11) is -2.17. The van der Waals surface area contributed by atoms with Crippen molar-refractivity contribution < 1.29 is 22.7 Å². The fourth-order valence-electron chi connectivity index (χ4n) is 3.45. The zero-order chi connectivity index (χ0) is 22.1. The fraction of sp³-hybridized carbons (Fsp3) is 0.600. The van der Waals surface area contributed by atoms with Crippen molar-refractivity contribution in [3.8, 4) is 5.75 Å². The van der Waals surface area contributed by atoms with Gasteiger partial charge >= 0.3 is 11.8 Å². The molecule has 0 aromatic heterocycles. The van der Waals surface area contributed by atoms with Crippen LogP contribution in [0.5, 0.6) is 5.75 Å². The van der Waals surface area contributed by atoms with Gasteiger partial charge in [0, 0.05) is 32.2 Å². The molecule has 0 radical (unpaired) electrons. The highest BCUT2D eigenvalue weighted by molar-refractivity contribution is 7.89. The summed E-state index contributed by atoms with van der Waals surface area (Å²) >= 11 is 0. The first-order valence-electron chi connectivity index (χ1n) is 10.3. The van der Waals surface area contributed by atoms with Crippen LogP contribution < -0.4 is 15.4 Å². The lowest BCUT2D eigenvalue weighted by atomic mass is 10.2. The maximum atomic E-state index is 13.0. The van der Waals surface area contributed by atoms with Gasteiger partial charge in [0.2, 0.25) is 10.0 Å². The Morgan fingerprint density at radius 1 is 1.13 bits per heavy atom. The molecule has 9 nitrogen and oxygen atoms in total. The third-order valence-corrected chi connectivity index (χ3v) is 7.27. The first kappa shape index (κ1) is 24.1. The summed E-state index contributed by atoms with van der Waals surface area (Å²) in [4.78, 5) is 26.4. The summed E-state index contributed by atoms with van der Waals surface area (Å²) in [6, 6.07) is 5.83. The molecule has 2 rings (SSSR count). The molecule has 1 aromatic rings. The minimum atomic E-state index is -3.69. The summed E-state index contributed by atoms with van der Waals surface area (Å²) in [6.07, 6.45) is 1.32. The van der Waals surface area contributed by atoms with Crippen molar-refractivity contribution in [2.75, 3.05) is 46.4 Å². The highest BCUT2D eigenvalue weighted by Gasteiger charge is 2.35. The van der Waals surface area contributed by atoms with Crippen LogP contribution in [-0.2, 0) is 19.6 Å². The van der Waals surface area contributed by atoms with E-state index < -0.39 is 21.8 Å². The van der Waals surface area contributed by atoms with E-state index in [-0.39, 0.29) is 17.5 Å². The van der Waals surface area contributed by atoms with Gasteiger partial charge in [0.15, 0.2) is 0 Å². The fourth-order valence-corrected chi connectivity index (χ4v) is 5.14. The molecule has 1 aliphatic rings. The number of carbonyl (C=O) groups excluding carboxylic acids is 2. The van der Waals surface area contributed by atoms with Crippen LogP contribution >= 0.6 is 0 Å². The van der Waals surface area contributed by atoms with E-state index in [0.717, 1.165) is 13.1 Å². The zero-order valence-corrected chi connectivity index (χ0v) is 18.7. The predicted octanol–water partition coefficient (Wildman–Crippen LogP) is 0.423. The Bertz CT molecular complexity index is 809. The second-order valence-electron chi connectivity index (χ2n) is 7.08. The third-order valence-electron chi connectivity index (χ3n) is 5.30. The van der Waals surface area contributed by atoms with Crippen LogP contribution in [0.25, 0.3) is 0 Å². The van der Waals surface area contributed by atoms with Crippen LogP contribution in [0.3, 0.4) is 0 Å². The van der Waals surface area contributed by atoms with Gasteiger partial charge in [-0.1, -0.05) is 13.8 Å². The van der Waals surface area contributed by atoms with Gasteiger partial charge in [-0.15, -0.1) is 0 Å². The first-order valence-corrected chi connectivity index (χ1v) is 11.7. The Hall–Kier alpha value is -2.17. The number of hydrogen-bond acceptors (Lipinski definition) is 6. The van der Waals surface area contributed by atoms with Crippen LogP contribution in [-0.4, -0.2) is 81.9 Å². The van der Waals surface area contributed by atoms with Crippen molar-refractivity contribution in [2.45, 2.75) is 37.6 Å². The Labute approximate surface area is 178 Å². The molecule has 168 valence electrons. The number of benzene rings is 1. The molecule has 0 saturated carbocycles. The number of nitrogens with zero attached hydrogens (tertiary/aromatic N) is 2. The molecular formula is C20H32N4O5S. The molecule has 10 heteroatoms. The second kappa shape index (κ2) is 11.3. The van der Waals surface area contributed by atoms with Crippen molar-refractivity contribution >= 4 is 21.8 Å². The number of sulfonamides is 1.